The van der Waals surface area contributed by atoms with Crippen LogP contribution in [0.1, 0.15) is 30.9 Å². The molecule has 0 fully saturated rings. The Kier molecular flexibility index (Phi) is 3.65. The highest BCUT2D eigenvalue weighted by Gasteiger charge is 2.08. The lowest BCUT2D eigenvalue weighted by atomic mass is 9.99. The van der Waals surface area contributed by atoms with Gasteiger partial charge in [0.1, 0.15) is 5.82 Å². The minimum atomic E-state index is 0.420. The topological polar surface area (TPSA) is 48.8 Å². The van der Waals surface area contributed by atoms with Gasteiger partial charge in [0.15, 0.2) is 0 Å². The van der Waals surface area contributed by atoms with Crippen LogP contribution in [0.5, 0.6) is 0 Å². The predicted molar refractivity (Wildman–Crippen MR) is 63.9 cm³/mol. The van der Waals surface area contributed by atoms with Crippen molar-refractivity contribution in [2.24, 2.45) is 0 Å². The van der Waals surface area contributed by atoms with Crippen molar-refractivity contribution in [3.05, 3.63) is 23.4 Å². The van der Waals surface area contributed by atoms with Crippen LogP contribution in [-0.2, 0) is 0 Å². The van der Waals surface area contributed by atoms with Gasteiger partial charge >= 0.3 is 0 Å². The van der Waals surface area contributed by atoms with E-state index in [1.54, 1.807) is 6.20 Å². The Morgan fingerprint density at radius 1 is 1.62 bits per heavy atom. The summed E-state index contributed by atoms with van der Waals surface area (Å²) in [7, 11) is 0. The SMILES string of the molecule is CC(C)c1ccnc(NI)c1C=N. The maximum absolute atomic E-state index is 7.31. The van der Waals surface area contributed by atoms with Gasteiger partial charge in [-0.2, -0.15) is 0 Å². The van der Waals surface area contributed by atoms with Crippen LogP contribution in [0.3, 0.4) is 0 Å². The van der Waals surface area contributed by atoms with Gasteiger partial charge in [0.05, 0.1) is 22.9 Å². The van der Waals surface area contributed by atoms with E-state index < -0.39 is 0 Å². The summed E-state index contributed by atoms with van der Waals surface area (Å²) >= 11 is 2.03. The average Bonchev–Trinajstić information content (AvgIpc) is 2.16. The second-order valence-electron chi connectivity index (χ2n) is 3.06. The largest absolute Gasteiger partial charge is 0.312 e. The van der Waals surface area contributed by atoms with Crippen molar-refractivity contribution in [3.8, 4) is 0 Å². The molecule has 1 rings (SSSR count). The first-order valence-electron chi connectivity index (χ1n) is 4.06. The highest BCUT2D eigenvalue weighted by Crippen LogP contribution is 2.23. The number of pyridine rings is 1. The molecule has 0 aromatic carbocycles. The molecule has 2 N–H and O–H groups in total. The van der Waals surface area contributed by atoms with E-state index in [-0.39, 0.29) is 0 Å². The molecule has 0 amide bonds. The fourth-order valence-electron chi connectivity index (χ4n) is 1.22. The summed E-state index contributed by atoms with van der Waals surface area (Å²) in [5, 5.41) is 7.31. The molecule has 1 aromatic rings. The van der Waals surface area contributed by atoms with E-state index in [9.17, 15) is 0 Å². The normalized spacial score (nSPS) is 10.2. The first-order chi connectivity index (χ1) is 6.20. The van der Waals surface area contributed by atoms with Gasteiger partial charge in [-0.1, -0.05) is 13.8 Å². The van der Waals surface area contributed by atoms with Crippen LogP contribution in [-0.4, -0.2) is 11.2 Å². The van der Waals surface area contributed by atoms with E-state index in [2.05, 4.69) is 22.4 Å². The van der Waals surface area contributed by atoms with Crippen molar-refractivity contribution < 1.29 is 0 Å². The lowest BCUT2D eigenvalue weighted by molar-refractivity contribution is 0.862. The van der Waals surface area contributed by atoms with E-state index in [4.69, 9.17) is 5.41 Å². The van der Waals surface area contributed by atoms with Crippen LogP contribution in [0.4, 0.5) is 5.82 Å². The van der Waals surface area contributed by atoms with E-state index in [1.807, 2.05) is 28.9 Å². The summed E-state index contributed by atoms with van der Waals surface area (Å²) in [4.78, 5) is 4.14. The molecule has 0 aliphatic rings. The molecule has 3 nitrogen and oxygen atoms in total. The average molecular weight is 289 g/mol. The molecule has 0 atom stereocenters. The van der Waals surface area contributed by atoms with E-state index >= 15 is 0 Å². The van der Waals surface area contributed by atoms with Gasteiger partial charge in [0, 0.05) is 18.0 Å². The van der Waals surface area contributed by atoms with Gasteiger partial charge in [0.25, 0.3) is 0 Å². The second kappa shape index (κ2) is 4.55. The summed E-state index contributed by atoms with van der Waals surface area (Å²) < 4.78 is 2.95. The molecule has 0 aliphatic heterocycles. The Balaban J connectivity index is 3.27. The molecule has 1 aromatic heterocycles. The molecule has 4 heteroatoms. The van der Waals surface area contributed by atoms with Gasteiger partial charge in [0.2, 0.25) is 0 Å². The van der Waals surface area contributed by atoms with Gasteiger partial charge in [-0.15, -0.1) is 0 Å². The van der Waals surface area contributed by atoms with Gasteiger partial charge in [-0.05, 0) is 17.5 Å². The number of halogens is 1. The molecule has 1 heterocycles. The standard InChI is InChI=1S/C9H12IN3/c1-6(2)7-3-4-12-9(13-10)8(7)5-11/h3-6,11H,1-2H3,(H,12,13). The van der Waals surface area contributed by atoms with Crippen LogP contribution in [0.25, 0.3) is 0 Å². The highest BCUT2D eigenvalue weighted by atomic mass is 127. The Bertz CT molecular complexity index is 310. The third-order valence-corrected chi connectivity index (χ3v) is 2.39. The zero-order valence-electron chi connectivity index (χ0n) is 7.63. The van der Waals surface area contributed by atoms with E-state index in [0.29, 0.717) is 5.92 Å². The van der Waals surface area contributed by atoms with Crippen LogP contribution < -0.4 is 3.53 Å². The molecule has 13 heavy (non-hydrogen) atoms. The smallest absolute Gasteiger partial charge is 0.143 e. The van der Waals surface area contributed by atoms with Crippen LogP contribution in [0.2, 0.25) is 0 Å². The molecular weight excluding hydrogens is 277 g/mol. The van der Waals surface area contributed by atoms with E-state index in [1.165, 1.54) is 6.21 Å². The highest BCUT2D eigenvalue weighted by molar-refractivity contribution is 14.1. The molecule has 0 saturated heterocycles. The summed E-state index contributed by atoms with van der Waals surface area (Å²) in [6.45, 7) is 4.22. The monoisotopic (exact) mass is 289 g/mol. The molecule has 0 spiro atoms. The zero-order chi connectivity index (χ0) is 9.84. The number of hydrogen-bond acceptors (Lipinski definition) is 3. The number of rotatable bonds is 3. The lowest BCUT2D eigenvalue weighted by Crippen LogP contribution is -2.00. The van der Waals surface area contributed by atoms with E-state index in [0.717, 1.165) is 16.9 Å². The first-order valence-corrected chi connectivity index (χ1v) is 5.14. The number of aromatic nitrogens is 1. The Morgan fingerprint density at radius 3 is 2.77 bits per heavy atom. The molecule has 0 unspecified atom stereocenters. The Morgan fingerprint density at radius 2 is 2.31 bits per heavy atom. The first kappa shape index (κ1) is 10.4. The number of nitrogens with one attached hydrogen (secondary N) is 2. The maximum Gasteiger partial charge on any atom is 0.143 e. The molecule has 0 radical (unpaired) electrons. The molecule has 0 saturated carbocycles. The van der Waals surface area contributed by atoms with Crippen molar-refractivity contribution >= 4 is 34.9 Å². The molecule has 0 bridgehead atoms. The minimum Gasteiger partial charge on any atom is -0.312 e. The van der Waals surface area contributed by atoms with Crippen molar-refractivity contribution in [1.29, 1.82) is 5.41 Å². The van der Waals surface area contributed by atoms with Crippen LogP contribution >= 0.6 is 22.9 Å². The van der Waals surface area contributed by atoms with Crippen molar-refractivity contribution in [3.63, 3.8) is 0 Å². The predicted octanol–water partition coefficient (Wildman–Crippen LogP) is 2.96. The number of nitrogens with zero attached hydrogens (tertiary/aromatic N) is 1. The fourth-order valence-corrected chi connectivity index (χ4v) is 1.65. The zero-order valence-corrected chi connectivity index (χ0v) is 9.79. The van der Waals surface area contributed by atoms with Gasteiger partial charge in [-0.25, -0.2) is 4.98 Å². The van der Waals surface area contributed by atoms with Crippen molar-refractivity contribution in [2.45, 2.75) is 19.8 Å². The fraction of sp³-hybridized carbons (Fsp3) is 0.333. The van der Waals surface area contributed by atoms with Crippen LogP contribution in [0, 0.1) is 5.41 Å². The van der Waals surface area contributed by atoms with Crippen molar-refractivity contribution in [1.82, 2.24) is 4.98 Å². The number of hydrogen-bond donors (Lipinski definition) is 2. The molecular formula is C9H12IN3. The molecule has 70 valence electrons. The van der Waals surface area contributed by atoms with Gasteiger partial charge < -0.3 is 8.94 Å². The second-order valence-corrected chi connectivity index (χ2v) is 3.60. The third kappa shape index (κ3) is 2.18. The third-order valence-electron chi connectivity index (χ3n) is 1.88. The van der Waals surface area contributed by atoms with Gasteiger partial charge in [-0.3, -0.25) is 0 Å². The summed E-state index contributed by atoms with van der Waals surface area (Å²) in [6, 6.07) is 1.96. The summed E-state index contributed by atoms with van der Waals surface area (Å²) in [5.41, 5.74) is 2.04. The number of anilines is 1. The summed E-state index contributed by atoms with van der Waals surface area (Å²) in [5.74, 6) is 1.19. The lowest BCUT2D eigenvalue weighted by Gasteiger charge is -2.11. The summed E-state index contributed by atoms with van der Waals surface area (Å²) in [6.07, 6.45) is 3.12. The Labute approximate surface area is 92.0 Å². The van der Waals surface area contributed by atoms with Crippen LogP contribution in [0.15, 0.2) is 12.3 Å². The minimum absolute atomic E-state index is 0.420. The Hall–Kier alpha value is -0.650. The maximum atomic E-state index is 7.31. The van der Waals surface area contributed by atoms with Crippen molar-refractivity contribution in [2.75, 3.05) is 3.53 Å². The molecule has 0 aliphatic carbocycles. The quantitative estimate of drug-likeness (QED) is 0.510.